The number of aliphatic carboxylic acids is 1. The Morgan fingerprint density at radius 1 is 0.900 bits per heavy atom. The summed E-state index contributed by atoms with van der Waals surface area (Å²) in [5.41, 5.74) is 11.7. The molecule has 7 unspecified atom stereocenters. The second kappa shape index (κ2) is 4.30. The molecule has 3 saturated carbocycles. The highest BCUT2D eigenvalue weighted by molar-refractivity contribution is 5.77. The summed E-state index contributed by atoms with van der Waals surface area (Å²) in [6.45, 7) is 2.51. The van der Waals surface area contributed by atoms with Gasteiger partial charge in [-0.25, -0.2) is 0 Å². The predicted octanol–water partition coefficient (Wildman–Crippen LogP) is 6.19. The Hall–Kier alpha value is -1.31. The minimum Gasteiger partial charge on any atom is -0.481 e. The van der Waals surface area contributed by atoms with E-state index in [0.717, 1.165) is 18.3 Å². The Morgan fingerprint density at radius 2 is 1.47 bits per heavy atom. The first-order chi connectivity index (χ1) is 14.5. The van der Waals surface area contributed by atoms with Gasteiger partial charge in [0.05, 0.1) is 5.92 Å². The van der Waals surface area contributed by atoms with E-state index < -0.39 is 5.97 Å². The number of carboxylic acid groups (broad SMARTS) is 1. The summed E-state index contributed by atoms with van der Waals surface area (Å²) in [5.74, 6) is 1.75. The van der Waals surface area contributed by atoms with E-state index in [1.54, 1.807) is 11.1 Å². The maximum absolute atomic E-state index is 12.9. The van der Waals surface area contributed by atoms with Crippen molar-refractivity contribution >= 4 is 5.97 Å². The first kappa shape index (κ1) is 16.3. The van der Waals surface area contributed by atoms with Gasteiger partial charge in [0.2, 0.25) is 0 Å². The Kier molecular flexibility index (Phi) is 2.34. The summed E-state index contributed by atoms with van der Waals surface area (Å²) in [4.78, 5) is 12.9. The van der Waals surface area contributed by atoms with Crippen molar-refractivity contribution in [2.24, 2.45) is 45.3 Å². The smallest absolute Gasteiger partial charge is 0.307 e. The normalized spacial score (nSPS) is 54.0. The van der Waals surface area contributed by atoms with Crippen LogP contribution in [-0.4, -0.2) is 11.1 Å². The van der Waals surface area contributed by atoms with Crippen LogP contribution in [0.25, 0.3) is 0 Å². The molecule has 9 aliphatic carbocycles. The molecule has 0 radical (unpaired) electrons. The molecule has 1 N–H and O–H groups in total. The maximum atomic E-state index is 12.9. The van der Waals surface area contributed by atoms with Crippen molar-refractivity contribution in [1.29, 1.82) is 0 Å². The molecule has 0 aromatic carbocycles. The number of allylic oxidation sites excluding steroid dienone is 6. The lowest BCUT2D eigenvalue weighted by Gasteiger charge is -2.67. The molecule has 0 aromatic rings. The lowest BCUT2D eigenvalue weighted by molar-refractivity contribution is -0.171. The number of rotatable bonds is 5. The number of carboxylic acids is 1. The van der Waals surface area contributed by atoms with Crippen LogP contribution in [0.3, 0.4) is 0 Å². The molecule has 0 saturated heterocycles. The average molecular weight is 401 g/mol. The number of fused-ring (bicyclic) bond motifs is 12. The Labute approximate surface area is 178 Å². The van der Waals surface area contributed by atoms with Gasteiger partial charge in [-0.15, -0.1) is 0 Å². The average Bonchev–Trinajstić information content (AvgIpc) is 3.71. The zero-order chi connectivity index (χ0) is 19.8. The monoisotopic (exact) mass is 400 g/mol. The summed E-state index contributed by atoms with van der Waals surface area (Å²) in [6.07, 6.45) is 15.5. The van der Waals surface area contributed by atoms with Crippen molar-refractivity contribution in [2.45, 2.75) is 84.0 Å². The van der Waals surface area contributed by atoms with Gasteiger partial charge >= 0.3 is 5.97 Å². The van der Waals surface area contributed by atoms with Crippen LogP contribution in [0.4, 0.5) is 0 Å². The molecule has 0 aliphatic heterocycles. The lowest BCUT2D eigenvalue weighted by atomic mass is 9.35. The second-order valence-electron chi connectivity index (χ2n) is 12.8. The highest BCUT2D eigenvalue weighted by Crippen LogP contribution is 2.92. The van der Waals surface area contributed by atoms with Gasteiger partial charge in [0.25, 0.3) is 0 Å². The molecule has 7 atom stereocenters. The first-order valence-electron chi connectivity index (χ1n) is 12.9. The van der Waals surface area contributed by atoms with Gasteiger partial charge in [0, 0.05) is 5.41 Å². The number of hydrogen-bond acceptors (Lipinski definition) is 1. The van der Waals surface area contributed by atoms with E-state index in [-0.39, 0.29) is 16.7 Å². The van der Waals surface area contributed by atoms with Gasteiger partial charge in [-0.2, -0.15) is 0 Å². The van der Waals surface area contributed by atoms with Gasteiger partial charge in [-0.3, -0.25) is 4.79 Å². The highest BCUT2D eigenvalue weighted by atomic mass is 16.4. The van der Waals surface area contributed by atoms with Gasteiger partial charge in [-0.1, -0.05) is 40.4 Å². The topological polar surface area (TPSA) is 37.3 Å². The molecule has 156 valence electrons. The lowest BCUT2D eigenvalue weighted by Crippen LogP contribution is -2.63. The third kappa shape index (κ3) is 1.27. The van der Waals surface area contributed by atoms with Crippen LogP contribution in [-0.2, 0) is 4.79 Å². The molecule has 3 fully saturated rings. The van der Waals surface area contributed by atoms with Crippen molar-refractivity contribution in [2.75, 3.05) is 0 Å². The molecule has 0 amide bonds. The minimum absolute atomic E-state index is 0.0204. The maximum Gasteiger partial charge on any atom is 0.307 e. The van der Waals surface area contributed by atoms with Gasteiger partial charge < -0.3 is 5.11 Å². The summed E-state index contributed by atoms with van der Waals surface area (Å²) < 4.78 is 0. The van der Waals surface area contributed by atoms with Gasteiger partial charge in [0.15, 0.2) is 0 Å². The van der Waals surface area contributed by atoms with Crippen molar-refractivity contribution in [3.8, 4) is 0 Å². The van der Waals surface area contributed by atoms with Gasteiger partial charge in [-0.05, 0) is 111 Å². The quantitative estimate of drug-likeness (QED) is 0.558. The molecule has 30 heavy (non-hydrogen) atoms. The zero-order valence-corrected chi connectivity index (χ0v) is 18.2. The molecule has 2 nitrogen and oxygen atoms in total. The van der Waals surface area contributed by atoms with E-state index in [1.165, 1.54) is 70.6 Å². The second-order valence-corrected chi connectivity index (χ2v) is 12.8. The summed E-state index contributed by atoms with van der Waals surface area (Å²) in [5, 5.41) is 10.6. The molecule has 0 aromatic heterocycles. The molecule has 0 spiro atoms. The Balaban J connectivity index is 1.39. The van der Waals surface area contributed by atoms with E-state index in [0.29, 0.717) is 16.7 Å². The van der Waals surface area contributed by atoms with E-state index in [4.69, 9.17) is 0 Å². The van der Waals surface area contributed by atoms with Crippen molar-refractivity contribution in [1.82, 2.24) is 0 Å². The SMILES string of the molecule is CCC(C12CCC(C1)C1=C2C1)(C12CCC(C1)C1=C2C1)C12CC(CC1C(=O)O)C1=C2C1. The summed E-state index contributed by atoms with van der Waals surface area (Å²) in [7, 11) is 0. The van der Waals surface area contributed by atoms with E-state index in [9.17, 15) is 9.90 Å². The first-order valence-corrected chi connectivity index (χ1v) is 12.9. The Bertz CT molecular complexity index is 1050. The molecule has 6 bridgehead atoms. The van der Waals surface area contributed by atoms with Crippen LogP contribution in [0, 0.1) is 45.3 Å². The van der Waals surface area contributed by atoms with E-state index in [1.807, 2.05) is 22.3 Å². The van der Waals surface area contributed by atoms with Crippen molar-refractivity contribution in [3.05, 3.63) is 33.4 Å². The fraction of sp³-hybridized carbons (Fsp3) is 0.750. The number of carbonyl (C=O) groups is 1. The van der Waals surface area contributed by atoms with Crippen LogP contribution in [0.1, 0.15) is 84.0 Å². The van der Waals surface area contributed by atoms with Crippen LogP contribution < -0.4 is 0 Å². The van der Waals surface area contributed by atoms with Crippen LogP contribution in [0.5, 0.6) is 0 Å². The standard InChI is InChI=1S/C28H32O2/c1-2-28(25-5-3-14(11-25)17-8-20(17)25,26-6-4-15(12-26)18-9-21(18)26)27-13-16(19-10-22(19)27)7-23(27)24(29)30/h14-16,23H,2-13H2,1H3,(H,29,30). The third-order valence-corrected chi connectivity index (χ3v) is 13.0. The van der Waals surface area contributed by atoms with Crippen molar-refractivity contribution in [3.63, 3.8) is 0 Å². The molecule has 0 heterocycles. The zero-order valence-electron chi connectivity index (χ0n) is 18.2. The third-order valence-electron chi connectivity index (χ3n) is 13.0. The molecule has 2 heteroatoms. The molecule has 9 aliphatic rings. The fourth-order valence-electron chi connectivity index (χ4n) is 12.6. The van der Waals surface area contributed by atoms with Crippen LogP contribution >= 0.6 is 0 Å². The summed E-state index contributed by atoms with van der Waals surface area (Å²) >= 11 is 0. The van der Waals surface area contributed by atoms with Crippen LogP contribution in [0.2, 0.25) is 0 Å². The van der Waals surface area contributed by atoms with Crippen LogP contribution in [0.15, 0.2) is 33.4 Å². The van der Waals surface area contributed by atoms with E-state index >= 15 is 0 Å². The van der Waals surface area contributed by atoms with Crippen molar-refractivity contribution < 1.29 is 9.90 Å². The van der Waals surface area contributed by atoms with Gasteiger partial charge in [0.1, 0.15) is 0 Å². The fourth-order valence-corrected chi connectivity index (χ4v) is 12.6. The minimum atomic E-state index is -0.461. The Morgan fingerprint density at radius 3 is 1.93 bits per heavy atom. The highest BCUT2D eigenvalue weighted by Gasteiger charge is 2.84. The summed E-state index contributed by atoms with van der Waals surface area (Å²) in [6, 6.07) is 0. The molecule has 9 rings (SSSR count). The molecular weight excluding hydrogens is 368 g/mol. The van der Waals surface area contributed by atoms with E-state index in [2.05, 4.69) is 6.92 Å². The largest absolute Gasteiger partial charge is 0.481 e. The number of hydrogen-bond donors (Lipinski definition) is 1. The molecular formula is C28H32O2. The predicted molar refractivity (Wildman–Crippen MR) is 113 cm³/mol.